The number of nitrogens with one attached hydrogen (secondary N) is 1. The molecule has 8 heteroatoms. The predicted octanol–water partition coefficient (Wildman–Crippen LogP) is 3.03. The molecule has 0 unspecified atom stereocenters. The third-order valence-corrected chi connectivity index (χ3v) is 4.82. The van der Waals surface area contributed by atoms with Gasteiger partial charge in [-0.1, -0.05) is 27.2 Å². The van der Waals surface area contributed by atoms with Crippen LogP contribution in [0.3, 0.4) is 0 Å². The van der Waals surface area contributed by atoms with Gasteiger partial charge in [-0.05, 0) is 30.5 Å². The van der Waals surface area contributed by atoms with E-state index in [9.17, 15) is 9.59 Å². The third kappa shape index (κ3) is 3.92. The zero-order valence-corrected chi connectivity index (χ0v) is 17.6. The molecule has 0 bridgehead atoms. The molecule has 0 fully saturated rings. The quantitative estimate of drug-likeness (QED) is 0.628. The number of aryl methyl sites for hydroxylation is 1. The minimum absolute atomic E-state index is 0.220. The second-order valence-corrected chi connectivity index (χ2v) is 7.44. The Hall–Kier alpha value is -3.03. The van der Waals surface area contributed by atoms with Gasteiger partial charge in [0, 0.05) is 13.1 Å². The van der Waals surface area contributed by atoms with Crippen LogP contribution in [0.4, 0.5) is 0 Å². The number of nitrogens with zero attached hydrogens (tertiary/aromatic N) is 3. The van der Waals surface area contributed by atoms with E-state index < -0.39 is 11.2 Å². The standard InChI is InChI=1S/C21H28N4O4/c1-6-7-10-24-17-19(25(12-13(2)3)21(27)23-20(17)26)22-18(24)15-11-14(28-4)8-9-16(15)29-5/h8-9,11,13H,6-7,10,12H2,1-5H3,(H,23,26,27). The number of imidazole rings is 1. The highest BCUT2D eigenvalue weighted by Gasteiger charge is 2.22. The number of ether oxygens (including phenoxy) is 2. The molecule has 0 aliphatic rings. The van der Waals surface area contributed by atoms with E-state index in [0.29, 0.717) is 47.1 Å². The second-order valence-electron chi connectivity index (χ2n) is 7.44. The van der Waals surface area contributed by atoms with Gasteiger partial charge in [-0.15, -0.1) is 0 Å². The van der Waals surface area contributed by atoms with Crippen LogP contribution < -0.4 is 20.7 Å². The van der Waals surface area contributed by atoms with Crippen LogP contribution in [-0.2, 0) is 13.1 Å². The summed E-state index contributed by atoms with van der Waals surface area (Å²) in [7, 11) is 3.18. The van der Waals surface area contributed by atoms with E-state index in [1.807, 2.05) is 36.6 Å². The molecular formula is C21H28N4O4. The van der Waals surface area contributed by atoms with Crippen molar-refractivity contribution in [1.82, 2.24) is 19.1 Å². The van der Waals surface area contributed by atoms with Crippen molar-refractivity contribution in [3.63, 3.8) is 0 Å². The number of H-pyrrole nitrogens is 1. The number of rotatable bonds is 8. The van der Waals surface area contributed by atoms with E-state index in [4.69, 9.17) is 14.5 Å². The number of hydrogen-bond donors (Lipinski definition) is 1. The first-order valence-electron chi connectivity index (χ1n) is 9.87. The van der Waals surface area contributed by atoms with Crippen molar-refractivity contribution in [1.29, 1.82) is 0 Å². The molecule has 0 saturated heterocycles. The zero-order valence-electron chi connectivity index (χ0n) is 17.6. The lowest BCUT2D eigenvalue weighted by molar-refractivity contribution is 0.404. The lowest BCUT2D eigenvalue weighted by Crippen LogP contribution is -2.32. The van der Waals surface area contributed by atoms with Gasteiger partial charge in [-0.3, -0.25) is 14.3 Å². The smallest absolute Gasteiger partial charge is 0.330 e. The Kier molecular flexibility index (Phi) is 6.10. The van der Waals surface area contributed by atoms with Gasteiger partial charge in [-0.2, -0.15) is 0 Å². The first-order chi connectivity index (χ1) is 13.9. The Morgan fingerprint density at radius 1 is 1.14 bits per heavy atom. The van der Waals surface area contributed by atoms with Crippen LogP contribution in [0.1, 0.15) is 33.6 Å². The fourth-order valence-electron chi connectivity index (χ4n) is 3.44. The Morgan fingerprint density at radius 3 is 2.52 bits per heavy atom. The molecule has 29 heavy (non-hydrogen) atoms. The highest BCUT2D eigenvalue weighted by atomic mass is 16.5. The van der Waals surface area contributed by atoms with Gasteiger partial charge in [0.25, 0.3) is 5.56 Å². The third-order valence-electron chi connectivity index (χ3n) is 4.82. The summed E-state index contributed by atoms with van der Waals surface area (Å²) >= 11 is 0. The average molecular weight is 400 g/mol. The van der Waals surface area contributed by atoms with Crippen molar-refractivity contribution in [2.75, 3.05) is 14.2 Å². The molecule has 156 valence electrons. The molecule has 0 atom stereocenters. The summed E-state index contributed by atoms with van der Waals surface area (Å²) in [5.74, 6) is 2.08. The SMILES string of the molecule is CCCCn1c(-c2cc(OC)ccc2OC)nc2c1c(=O)[nH]c(=O)n2CC(C)C. The number of fused-ring (bicyclic) bond motifs is 1. The Bertz CT molecular complexity index is 1120. The van der Waals surface area contributed by atoms with Crippen LogP contribution >= 0.6 is 0 Å². The van der Waals surface area contributed by atoms with Crippen LogP contribution in [0.5, 0.6) is 11.5 Å². The van der Waals surface area contributed by atoms with Crippen molar-refractivity contribution < 1.29 is 9.47 Å². The molecule has 3 aromatic rings. The number of unbranched alkanes of at least 4 members (excludes halogenated alkanes) is 1. The number of aromatic nitrogens is 4. The Morgan fingerprint density at radius 2 is 1.90 bits per heavy atom. The van der Waals surface area contributed by atoms with E-state index in [1.54, 1.807) is 18.8 Å². The van der Waals surface area contributed by atoms with Gasteiger partial charge in [0.1, 0.15) is 17.3 Å². The summed E-state index contributed by atoms with van der Waals surface area (Å²) in [5, 5.41) is 0. The minimum Gasteiger partial charge on any atom is -0.497 e. The molecule has 3 rings (SSSR count). The highest BCUT2D eigenvalue weighted by molar-refractivity contribution is 5.79. The molecule has 0 aliphatic carbocycles. The van der Waals surface area contributed by atoms with Gasteiger partial charge in [0.15, 0.2) is 11.2 Å². The van der Waals surface area contributed by atoms with Crippen LogP contribution in [0.25, 0.3) is 22.6 Å². The normalized spacial score (nSPS) is 11.4. The lowest BCUT2D eigenvalue weighted by Gasteiger charge is -2.12. The van der Waals surface area contributed by atoms with Crippen molar-refractivity contribution in [2.24, 2.45) is 5.92 Å². The Balaban J connectivity index is 2.39. The van der Waals surface area contributed by atoms with Gasteiger partial charge >= 0.3 is 5.69 Å². The van der Waals surface area contributed by atoms with Crippen LogP contribution in [-0.4, -0.2) is 33.3 Å². The molecule has 1 aromatic carbocycles. The van der Waals surface area contributed by atoms with Crippen LogP contribution in [0, 0.1) is 5.92 Å². The number of hydrogen-bond acceptors (Lipinski definition) is 5. The topological polar surface area (TPSA) is 91.1 Å². The number of methoxy groups -OCH3 is 2. The highest BCUT2D eigenvalue weighted by Crippen LogP contribution is 2.34. The molecule has 0 aliphatic heterocycles. The van der Waals surface area contributed by atoms with E-state index in [0.717, 1.165) is 12.8 Å². The fourth-order valence-corrected chi connectivity index (χ4v) is 3.44. The molecular weight excluding hydrogens is 372 g/mol. The molecule has 2 heterocycles. The first kappa shape index (κ1) is 20.7. The van der Waals surface area contributed by atoms with Gasteiger partial charge in [-0.25, -0.2) is 9.78 Å². The summed E-state index contributed by atoms with van der Waals surface area (Å²) < 4.78 is 14.3. The molecule has 0 amide bonds. The van der Waals surface area contributed by atoms with Crippen molar-refractivity contribution in [3.05, 3.63) is 39.0 Å². The van der Waals surface area contributed by atoms with Gasteiger partial charge in [0.2, 0.25) is 0 Å². The maximum atomic E-state index is 12.8. The zero-order chi connectivity index (χ0) is 21.1. The molecule has 8 nitrogen and oxygen atoms in total. The summed E-state index contributed by atoms with van der Waals surface area (Å²) in [4.78, 5) is 32.5. The van der Waals surface area contributed by atoms with E-state index >= 15 is 0 Å². The van der Waals surface area contributed by atoms with Crippen molar-refractivity contribution >= 4 is 11.2 Å². The van der Waals surface area contributed by atoms with Crippen molar-refractivity contribution in [3.8, 4) is 22.9 Å². The Labute approximate surface area is 169 Å². The van der Waals surface area contributed by atoms with Gasteiger partial charge < -0.3 is 14.0 Å². The summed E-state index contributed by atoms with van der Waals surface area (Å²) in [6, 6.07) is 5.45. The largest absolute Gasteiger partial charge is 0.497 e. The second kappa shape index (κ2) is 8.55. The molecule has 0 spiro atoms. The molecule has 0 saturated carbocycles. The molecule has 0 radical (unpaired) electrons. The molecule has 1 N–H and O–H groups in total. The van der Waals surface area contributed by atoms with E-state index in [-0.39, 0.29) is 5.92 Å². The van der Waals surface area contributed by atoms with E-state index in [1.165, 1.54) is 0 Å². The van der Waals surface area contributed by atoms with Crippen LogP contribution in [0.2, 0.25) is 0 Å². The minimum atomic E-state index is -0.444. The van der Waals surface area contributed by atoms with Crippen LogP contribution in [0.15, 0.2) is 27.8 Å². The average Bonchev–Trinajstić information content (AvgIpc) is 3.08. The maximum Gasteiger partial charge on any atom is 0.330 e. The van der Waals surface area contributed by atoms with E-state index in [2.05, 4.69) is 11.9 Å². The number of benzene rings is 1. The predicted molar refractivity (Wildman–Crippen MR) is 113 cm³/mol. The summed E-state index contributed by atoms with van der Waals surface area (Å²) in [6.45, 7) is 7.19. The lowest BCUT2D eigenvalue weighted by atomic mass is 10.1. The fraction of sp³-hybridized carbons (Fsp3) is 0.476. The number of aromatic amines is 1. The first-order valence-corrected chi connectivity index (χ1v) is 9.87. The summed E-state index contributed by atoms with van der Waals surface area (Å²) in [5.41, 5.74) is 0.631. The molecule has 2 aromatic heterocycles. The maximum absolute atomic E-state index is 12.8. The monoisotopic (exact) mass is 400 g/mol. The van der Waals surface area contributed by atoms with Crippen molar-refractivity contribution in [2.45, 2.75) is 46.7 Å². The van der Waals surface area contributed by atoms with Gasteiger partial charge in [0.05, 0.1) is 19.8 Å². The summed E-state index contributed by atoms with van der Waals surface area (Å²) in [6.07, 6.45) is 1.82.